The van der Waals surface area contributed by atoms with E-state index >= 15 is 0 Å². The zero-order chi connectivity index (χ0) is 14.1. The first-order valence-corrected chi connectivity index (χ1v) is 4.35. The molecule has 1 N–H and O–H groups in total. The summed E-state index contributed by atoms with van der Waals surface area (Å²) in [6.07, 6.45) is -8.16. The normalized spacial score (nSPS) is 11.7. The van der Waals surface area contributed by atoms with Crippen molar-refractivity contribution in [2.75, 3.05) is 7.11 Å². The van der Waals surface area contributed by atoms with Crippen molar-refractivity contribution in [1.82, 2.24) is 4.98 Å². The molecule has 0 fully saturated rings. The molecule has 0 radical (unpaired) electrons. The summed E-state index contributed by atoms with van der Waals surface area (Å²) in [7, 11) is 0.756. The van der Waals surface area contributed by atoms with Crippen LogP contribution >= 0.6 is 0 Å². The van der Waals surface area contributed by atoms with Gasteiger partial charge in [0, 0.05) is 6.20 Å². The molecule has 9 heteroatoms. The SMILES string of the molecule is COc1c(C(F)(F)F)cnc(C(F)F)c1C(=O)O. The fourth-order valence-electron chi connectivity index (χ4n) is 1.29. The van der Waals surface area contributed by atoms with E-state index in [-0.39, 0.29) is 6.20 Å². The largest absolute Gasteiger partial charge is 0.495 e. The Morgan fingerprint density at radius 3 is 2.33 bits per heavy atom. The summed E-state index contributed by atoms with van der Waals surface area (Å²) in [5, 5.41) is 8.70. The lowest BCUT2D eigenvalue weighted by atomic mass is 10.1. The lowest BCUT2D eigenvalue weighted by molar-refractivity contribution is -0.139. The maximum Gasteiger partial charge on any atom is 0.421 e. The first-order chi connectivity index (χ1) is 8.20. The van der Waals surface area contributed by atoms with Gasteiger partial charge in [0.2, 0.25) is 0 Å². The zero-order valence-electron chi connectivity index (χ0n) is 8.76. The van der Waals surface area contributed by atoms with E-state index < -0.39 is 41.1 Å². The molecule has 0 spiro atoms. The van der Waals surface area contributed by atoms with Crippen molar-refractivity contribution in [2.45, 2.75) is 12.6 Å². The van der Waals surface area contributed by atoms with Crippen LogP contribution in [0.25, 0.3) is 0 Å². The molecule has 1 aromatic rings. The van der Waals surface area contributed by atoms with Gasteiger partial charge in [0.05, 0.1) is 7.11 Å². The molecule has 18 heavy (non-hydrogen) atoms. The third kappa shape index (κ3) is 2.49. The number of nitrogens with zero attached hydrogens (tertiary/aromatic N) is 1. The van der Waals surface area contributed by atoms with E-state index in [0.717, 1.165) is 7.11 Å². The second-order valence-corrected chi connectivity index (χ2v) is 3.07. The van der Waals surface area contributed by atoms with Crippen LogP contribution in [0.1, 0.15) is 28.0 Å². The molecule has 1 heterocycles. The Kier molecular flexibility index (Phi) is 3.73. The van der Waals surface area contributed by atoms with Crippen LogP contribution in [0.3, 0.4) is 0 Å². The summed E-state index contributed by atoms with van der Waals surface area (Å²) >= 11 is 0. The number of hydrogen-bond acceptors (Lipinski definition) is 3. The van der Waals surface area contributed by atoms with E-state index in [9.17, 15) is 26.7 Å². The van der Waals surface area contributed by atoms with Crippen LogP contribution in [-0.2, 0) is 6.18 Å². The Balaban J connectivity index is 3.64. The van der Waals surface area contributed by atoms with Gasteiger partial charge in [-0.25, -0.2) is 13.6 Å². The van der Waals surface area contributed by atoms with Gasteiger partial charge in [0.1, 0.15) is 22.6 Å². The molecule has 0 unspecified atom stereocenters. The standard InChI is InChI=1S/C9H6F5NO3/c1-18-6-3(9(12,13)14)2-15-5(7(10)11)4(6)8(16)17/h2,7H,1H3,(H,16,17). The Bertz CT molecular complexity index is 472. The van der Waals surface area contributed by atoms with Crippen molar-refractivity contribution in [3.8, 4) is 5.75 Å². The summed E-state index contributed by atoms with van der Waals surface area (Å²) in [5.74, 6) is -3.15. The minimum absolute atomic E-state index is 0.118. The number of carbonyl (C=O) groups is 1. The molecule has 0 bridgehead atoms. The van der Waals surface area contributed by atoms with Gasteiger partial charge in [-0.1, -0.05) is 0 Å². The van der Waals surface area contributed by atoms with Crippen molar-refractivity contribution in [1.29, 1.82) is 0 Å². The van der Waals surface area contributed by atoms with Crippen LogP contribution < -0.4 is 4.74 Å². The average molecular weight is 271 g/mol. The molecule has 1 aromatic heterocycles. The smallest absolute Gasteiger partial charge is 0.421 e. The minimum Gasteiger partial charge on any atom is -0.495 e. The molecule has 0 aliphatic rings. The Morgan fingerprint density at radius 2 is 2.00 bits per heavy atom. The molecule has 0 aliphatic carbocycles. The number of halogens is 5. The molecule has 0 atom stereocenters. The molecule has 4 nitrogen and oxygen atoms in total. The molecule has 100 valence electrons. The number of hydrogen-bond donors (Lipinski definition) is 1. The molecular formula is C9H6F5NO3. The van der Waals surface area contributed by atoms with E-state index in [0.29, 0.717) is 0 Å². The van der Waals surface area contributed by atoms with Gasteiger partial charge in [-0.15, -0.1) is 0 Å². The summed E-state index contributed by atoms with van der Waals surface area (Å²) in [6.45, 7) is 0. The van der Waals surface area contributed by atoms with Crippen molar-refractivity contribution >= 4 is 5.97 Å². The van der Waals surface area contributed by atoms with E-state index in [1.54, 1.807) is 0 Å². The number of carboxylic acid groups (broad SMARTS) is 1. The van der Waals surface area contributed by atoms with Gasteiger partial charge in [0.25, 0.3) is 6.43 Å². The van der Waals surface area contributed by atoms with Gasteiger partial charge in [-0.05, 0) is 0 Å². The number of ether oxygens (including phenoxy) is 1. The lowest BCUT2D eigenvalue weighted by Gasteiger charge is -2.15. The molecule has 0 amide bonds. The van der Waals surface area contributed by atoms with Crippen LogP contribution in [0, 0.1) is 0 Å². The van der Waals surface area contributed by atoms with Crippen LogP contribution in [-0.4, -0.2) is 23.2 Å². The highest BCUT2D eigenvalue weighted by Gasteiger charge is 2.39. The maximum absolute atomic E-state index is 12.5. The van der Waals surface area contributed by atoms with Crippen molar-refractivity contribution in [3.05, 3.63) is 23.0 Å². The fourth-order valence-corrected chi connectivity index (χ4v) is 1.29. The number of methoxy groups -OCH3 is 1. The Labute approximate surface area is 97.0 Å². The van der Waals surface area contributed by atoms with Crippen LogP contribution in [0.4, 0.5) is 22.0 Å². The van der Waals surface area contributed by atoms with Gasteiger partial charge in [0.15, 0.2) is 0 Å². The van der Waals surface area contributed by atoms with Gasteiger partial charge >= 0.3 is 12.1 Å². The van der Waals surface area contributed by atoms with Gasteiger partial charge in [-0.2, -0.15) is 13.2 Å². The Morgan fingerprint density at radius 1 is 1.44 bits per heavy atom. The molecular weight excluding hydrogens is 265 g/mol. The lowest BCUT2D eigenvalue weighted by Crippen LogP contribution is -2.15. The van der Waals surface area contributed by atoms with Gasteiger partial charge in [-0.3, -0.25) is 4.98 Å². The predicted molar refractivity (Wildman–Crippen MR) is 47.7 cm³/mol. The van der Waals surface area contributed by atoms with Gasteiger partial charge < -0.3 is 9.84 Å². The number of alkyl halides is 5. The fraction of sp³-hybridized carbons (Fsp3) is 0.333. The average Bonchev–Trinajstić information content (AvgIpc) is 2.25. The number of aromatic carboxylic acids is 1. The zero-order valence-corrected chi connectivity index (χ0v) is 8.76. The van der Waals surface area contributed by atoms with Crippen LogP contribution in [0.15, 0.2) is 6.20 Å². The molecule has 0 aromatic carbocycles. The second-order valence-electron chi connectivity index (χ2n) is 3.07. The molecule has 0 saturated heterocycles. The number of carboxylic acids is 1. The van der Waals surface area contributed by atoms with E-state index in [1.807, 2.05) is 0 Å². The number of aromatic nitrogens is 1. The monoisotopic (exact) mass is 271 g/mol. The second kappa shape index (κ2) is 4.75. The highest BCUT2D eigenvalue weighted by molar-refractivity contribution is 5.92. The highest BCUT2D eigenvalue weighted by atomic mass is 19.4. The molecule has 0 saturated carbocycles. The predicted octanol–water partition coefficient (Wildman–Crippen LogP) is 2.74. The van der Waals surface area contributed by atoms with Crippen molar-refractivity contribution in [2.24, 2.45) is 0 Å². The van der Waals surface area contributed by atoms with E-state index in [2.05, 4.69) is 9.72 Å². The third-order valence-corrected chi connectivity index (χ3v) is 1.99. The molecule has 0 aliphatic heterocycles. The summed E-state index contributed by atoms with van der Waals surface area (Å²) in [4.78, 5) is 13.6. The molecule has 1 rings (SSSR count). The summed E-state index contributed by atoms with van der Waals surface area (Å²) < 4.78 is 66.8. The van der Waals surface area contributed by atoms with Crippen molar-refractivity contribution in [3.63, 3.8) is 0 Å². The Hall–Kier alpha value is -1.93. The van der Waals surface area contributed by atoms with Crippen molar-refractivity contribution < 1.29 is 36.6 Å². The number of pyridine rings is 1. The highest BCUT2D eigenvalue weighted by Crippen LogP contribution is 2.40. The van der Waals surface area contributed by atoms with E-state index in [4.69, 9.17) is 5.11 Å². The summed E-state index contributed by atoms with van der Waals surface area (Å²) in [6, 6.07) is 0. The first kappa shape index (κ1) is 14.1. The third-order valence-electron chi connectivity index (χ3n) is 1.99. The van der Waals surface area contributed by atoms with E-state index in [1.165, 1.54) is 0 Å². The number of rotatable bonds is 3. The maximum atomic E-state index is 12.5. The quantitative estimate of drug-likeness (QED) is 0.859. The minimum atomic E-state index is -4.96. The van der Waals surface area contributed by atoms with Crippen LogP contribution in [0.2, 0.25) is 0 Å². The first-order valence-electron chi connectivity index (χ1n) is 4.35. The summed E-state index contributed by atoms with van der Waals surface area (Å²) in [5.41, 5.74) is -4.08. The topological polar surface area (TPSA) is 59.4 Å². The van der Waals surface area contributed by atoms with Crippen LogP contribution in [0.5, 0.6) is 5.75 Å².